The van der Waals surface area contributed by atoms with Gasteiger partial charge < -0.3 is 10.2 Å². The summed E-state index contributed by atoms with van der Waals surface area (Å²) in [6.45, 7) is 1.42. The summed E-state index contributed by atoms with van der Waals surface area (Å²) in [5, 5.41) is 3.76. The molecule has 0 aliphatic heterocycles. The Bertz CT molecular complexity index is 1720. The van der Waals surface area contributed by atoms with Gasteiger partial charge in [-0.2, -0.15) is 0 Å². The molecule has 0 heterocycles. The van der Waals surface area contributed by atoms with Crippen LogP contribution in [0.3, 0.4) is 0 Å². The number of hydrogen-bond acceptors (Lipinski definition) is 4. The highest BCUT2D eigenvalue weighted by Crippen LogP contribution is 2.34. The fourth-order valence-corrected chi connectivity index (χ4v) is 7.08. The first kappa shape index (κ1) is 34.6. The van der Waals surface area contributed by atoms with Crippen LogP contribution in [-0.4, -0.2) is 44.3 Å². The molecule has 0 unspecified atom stereocenters. The fourth-order valence-electron chi connectivity index (χ4n) is 4.68. The predicted octanol–water partition coefficient (Wildman–Crippen LogP) is 7.66. The lowest BCUT2D eigenvalue weighted by molar-refractivity contribution is -0.140. The van der Waals surface area contributed by atoms with Gasteiger partial charge in [0, 0.05) is 40.1 Å². The van der Waals surface area contributed by atoms with Gasteiger partial charge in [0.2, 0.25) is 11.8 Å². The first-order valence-electron chi connectivity index (χ1n) is 14.1. The fraction of sp³-hybridized carbons (Fsp3) is 0.212. The summed E-state index contributed by atoms with van der Waals surface area (Å²) in [6, 6.07) is 25.1. The zero-order valence-electron chi connectivity index (χ0n) is 24.3. The van der Waals surface area contributed by atoms with E-state index in [2.05, 4.69) is 5.32 Å². The summed E-state index contributed by atoms with van der Waals surface area (Å²) in [4.78, 5) is 29.5. The molecular weight excluding hydrogens is 676 g/mol. The minimum atomic E-state index is -4.34. The molecule has 0 spiro atoms. The van der Waals surface area contributed by atoms with Gasteiger partial charge in [-0.1, -0.05) is 108 Å². The van der Waals surface area contributed by atoms with E-state index in [1.807, 2.05) is 37.3 Å². The Kier molecular flexibility index (Phi) is 12.2. The van der Waals surface area contributed by atoms with Crippen molar-refractivity contribution in [2.75, 3.05) is 17.4 Å². The number of carbonyl (C=O) groups excluding carboxylic acids is 2. The maximum absolute atomic E-state index is 14.5. The van der Waals surface area contributed by atoms with Crippen molar-refractivity contribution < 1.29 is 18.0 Å². The molecule has 7 nitrogen and oxygen atoms in total. The van der Waals surface area contributed by atoms with E-state index in [1.54, 1.807) is 36.4 Å². The quantitative estimate of drug-likeness (QED) is 0.155. The van der Waals surface area contributed by atoms with Crippen molar-refractivity contribution in [3.8, 4) is 0 Å². The van der Waals surface area contributed by atoms with Gasteiger partial charge in [-0.25, -0.2) is 8.42 Å². The molecule has 0 fully saturated rings. The second kappa shape index (κ2) is 15.8. The van der Waals surface area contributed by atoms with Crippen LogP contribution in [0.2, 0.25) is 20.1 Å². The molecule has 0 saturated heterocycles. The van der Waals surface area contributed by atoms with Crippen LogP contribution in [0.25, 0.3) is 0 Å². The van der Waals surface area contributed by atoms with E-state index in [-0.39, 0.29) is 33.6 Å². The van der Waals surface area contributed by atoms with Gasteiger partial charge in [0.15, 0.2) is 0 Å². The van der Waals surface area contributed by atoms with Crippen LogP contribution in [0.5, 0.6) is 0 Å². The Morgan fingerprint density at radius 2 is 1.42 bits per heavy atom. The van der Waals surface area contributed by atoms with Gasteiger partial charge in [-0.3, -0.25) is 13.9 Å². The molecule has 4 aromatic carbocycles. The van der Waals surface area contributed by atoms with Gasteiger partial charge >= 0.3 is 0 Å². The number of nitrogens with one attached hydrogen (secondary N) is 1. The average Bonchev–Trinajstić information content (AvgIpc) is 3.03. The Morgan fingerprint density at radius 3 is 2.04 bits per heavy atom. The van der Waals surface area contributed by atoms with E-state index in [9.17, 15) is 18.0 Å². The molecule has 4 rings (SSSR count). The largest absolute Gasteiger partial charge is 0.354 e. The van der Waals surface area contributed by atoms with Crippen LogP contribution in [0.4, 0.5) is 5.69 Å². The van der Waals surface area contributed by atoms with Gasteiger partial charge in [0.1, 0.15) is 12.6 Å². The second-order valence-corrected chi connectivity index (χ2v) is 13.7. The predicted molar refractivity (Wildman–Crippen MR) is 182 cm³/mol. The number of hydrogen-bond donors (Lipinski definition) is 1. The Hall–Kier alpha value is -3.27. The number of rotatable bonds is 13. The van der Waals surface area contributed by atoms with Gasteiger partial charge in [-0.15, -0.1) is 0 Å². The van der Waals surface area contributed by atoms with E-state index in [0.717, 1.165) is 9.87 Å². The highest BCUT2D eigenvalue weighted by atomic mass is 35.5. The van der Waals surface area contributed by atoms with Crippen molar-refractivity contribution in [1.29, 1.82) is 0 Å². The van der Waals surface area contributed by atoms with Crippen molar-refractivity contribution in [3.05, 3.63) is 128 Å². The molecule has 0 aromatic heterocycles. The third-order valence-electron chi connectivity index (χ3n) is 7.00. The molecular formula is C33H31Cl4N3O4S. The third-order valence-corrected chi connectivity index (χ3v) is 10.0. The van der Waals surface area contributed by atoms with E-state index in [4.69, 9.17) is 46.4 Å². The Balaban J connectivity index is 1.85. The molecule has 0 radical (unpaired) electrons. The summed E-state index contributed by atoms with van der Waals surface area (Å²) in [5.41, 5.74) is 1.21. The smallest absolute Gasteiger partial charge is 0.264 e. The highest BCUT2D eigenvalue weighted by molar-refractivity contribution is 7.92. The normalized spacial score (nSPS) is 11.9. The first-order valence-corrected chi connectivity index (χ1v) is 17.0. The standard InChI is InChI=1S/C33H31Cl4N3O4S/c1-2-18-38-33(42)31(19-23-10-5-3-6-11-23)39(21-26-27(35)14-9-15-28(26)36)32(41)22-40(30-20-24(34)16-17-29(30)37)45(43,44)25-12-7-4-8-13-25/h3-17,20,31H,2,18-19,21-22H2,1H3,(H,38,42)/t31-/m0/s1. The number of nitrogens with zero attached hydrogens (tertiary/aromatic N) is 2. The number of sulfonamides is 1. The number of benzene rings is 4. The Labute approximate surface area is 283 Å². The van der Waals surface area contributed by atoms with Crippen LogP contribution >= 0.6 is 46.4 Å². The summed E-state index contributed by atoms with van der Waals surface area (Å²) in [5.74, 6) is -1.09. The second-order valence-electron chi connectivity index (χ2n) is 10.1. The summed E-state index contributed by atoms with van der Waals surface area (Å²) < 4.78 is 29.1. The van der Waals surface area contributed by atoms with E-state index in [1.165, 1.54) is 35.2 Å². The minimum Gasteiger partial charge on any atom is -0.354 e. The lowest BCUT2D eigenvalue weighted by Crippen LogP contribution is -2.53. The molecule has 1 atom stereocenters. The lowest BCUT2D eigenvalue weighted by Gasteiger charge is -2.34. The van der Waals surface area contributed by atoms with Crippen molar-refractivity contribution in [1.82, 2.24) is 10.2 Å². The van der Waals surface area contributed by atoms with Crippen LogP contribution in [0.1, 0.15) is 24.5 Å². The minimum absolute atomic E-state index is 0.00661. The van der Waals surface area contributed by atoms with Crippen molar-refractivity contribution in [2.45, 2.75) is 37.2 Å². The number of anilines is 1. The van der Waals surface area contributed by atoms with Gasteiger partial charge in [-0.05, 0) is 54.4 Å². The lowest BCUT2D eigenvalue weighted by atomic mass is 10.0. The van der Waals surface area contributed by atoms with E-state index >= 15 is 0 Å². The summed E-state index contributed by atoms with van der Waals surface area (Å²) in [6.07, 6.45) is 0.817. The van der Waals surface area contributed by atoms with Crippen LogP contribution < -0.4 is 9.62 Å². The summed E-state index contributed by atoms with van der Waals surface area (Å²) in [7, 11) is -4.34. The number of halogens is 4. The van der Waals surface area contributed by atoms with Crippen LogP contribution in [0.15, 0.2) is 102 Å². The number of carbonyl (C=O) groups is 2. The maximum atomic E-state index is 14.5. The summed E-state index contributed by atoms with van der Waals surface area (Å²) >= 11 is 25.9. The zero-order chi connectivity index (χ0) is 32.6. The molecule has 4 aromatic rings. The van der Waals surface area contributed by atoms with Crippen LogP contribution in [-0.2, 0) is 32.6 Å². The first-order chi connectivity index (χ1) is 21.5. The molecule has 2 amide bonds. The SMILES string of the molecule is CCCNC(=O)[C@H](Cc1ccccc1)N(Cc1c(Cl)cccc1Cl)C(=O)CN(c1cc(Cl)ccc1Cl)S(=O)(=O)c1ccccc1. The molecule has 236 valence electrons. The van der Waals surface area contributed by atoms with Gasteiger partial charge in [0.05, 0.1) is 15.6 Å². The average molecular weight is 708 g/mol. The molecule has 0 bridgehead atoms. The van der Waals surface area contributed by atoms with Crippen molar-refractivity contribution in [3.63, 3.8) is 0 Å². The topological polar surface area (TPSA) is 86.8 Å². The zero-order valence-corrected chi connectivity index (χ0v) is 28.1. The van der Waals surface area contributed by atoms with Gasteiger partial charge in [0.25, 0.3) is 10.0 Å². The van der Waals surface area contributed by atoms with E-state index in [0.29, 0.717) is 28.6 Å². The molecule has 45 heavy (non-hydrogen) atoms. The molecule has 0 saturated carbocycles. The monoisotopic (exact) mass is 705 g/mol. The third kappa shape index (κ3) is 8.71. The Morgan fingerprint density at radius 1 is 0.800 bits per heavy atom. The van der Waals surface area contributed by atoms with Crippen molar-refractivity contribution >= 4 is 73.9 Å². The maximum Gasteiger partial charge on any atom is 0.264 e. The molecule has 1 N–H and O–H groups in total. The molecule has 0 aliphatic carbocycles. The van der Waals surface area contributed by atoms with E-state index < -0.39 is 34.4 Å². The molecule has 12 heteroatoms. The number of amides is 2. The highest BCUT2D eigenvalue weighted by Gasteiger charge is 2.35. The molecule has 0 aliphatic rings. The van der Waals surface area contributed by atoms with Crippen molar-refractivity contribution in [2.24, 2.45) is 0 Å². The van der Waals surface area contributed by atoms with Crippen LogP contribution in [0, 0.1) is 0 Å².